The Balaban J connectivity index is 0.00000280. The van der Waals surface area contributed by atoms with Crippen molar-refractivity contribution in [1.29, 1.82) is 0 Å². The Morgan fingerprint density at radius 3 is 2.39 bits per heavy atom. The van der Waals surface area contributed by atoms with Crippen molar-refractivity contribution in [2.45, 2.75) is 95.7 Å². The molecule has 28 heavy (non-hydrogen) atoms. The van der Waals surface area contributed by atoms with Crippen LogP contribution in [0.1, 0.15) is 77.6 Å². The molecule has 0 aromatic carbocycles. The minimum absolute atomic E-state index is 0. The second kappa shape index (κ2) is 12.9. The standard InChI is InChI=1S/C21H39N5O.HI/c1-2-22-21(23-14-12-20(27)24-17-8-4-3-5-9-17)25-18-13-15-26(16-18)19-10-6-7-11-19;/h17-19H,2-16H2,1H3,(H,24,27)(H2,22,23,25);1H. The fourth-order valence-electron chi connectivity index (χ4n) is 4.84. The number of hydrogen-bond acceptors (Lipinski definition) is 3. The fraction of sp³-hybridized carbons (Fsp3) is 0.905. The highest BCUT2D eigenvalue weighted by Crippen LogP contribution is 2.26. The van der Waals surface area contributed by atoms with Crippen molar-refractivity contribution >= 4 is 35.8 Å². The van der Waals surface area contributed by atoms with Crippen LogP contribution in [-0.2, 0) is 4.79 Å². The molecular formula is C21H40IN5O. The van der Waals surface area contributed by atoms with Crippen LogP contribution >= 0.6 is 24.0 Å². The molecule has 0 spiro atoms. The molecule has 7 heteroatoms. The Morgan fingerprint density at radius 1 is 0.964 bits per heavy atom. The Hall–Kier alpha value is -0.570. The second-order valence-electron chi connectivity index (χ2n) is 8.48. The third kappa shape index (κ3) is 7.69. The van der Waals surface area contributed by atoms with Crippen LogP contribution in [0.5, 0.6) is 0 Å². The number of hydrogen-bond donors (Lipinski definition) is 3. The van der Waals surface area contributed by atoms with E-state index in [0.29, 0.717) is 25.0 Å². The van der Waals surface area contributed by atoms with Gasteiger partial charge in [0, 0.05) is 44.2 Å². The van der Waals surface area contributed by atoms with Gasteiger partial charge in [-0.3, -0.25) is 14.7 Å². The van der Waals surface area contributed by atoms with E-state index in [9.17, 15) is 4.79 Å². The molecule has 3 aliphatic rings. The Bertz CT molecular complexity index is 489. The lowest BCUT2D eigenvalue weighted by Crippen LogP contribution is -2.45. The number of carbonyl (C=O) groups is 1. The molecule has 3 rings (SSSR count). The van der Waals surface area contributed by atoms with E-state index in [4.69, 9.17) is 0 Å². The van der Waals surface area contributed by atoms with E-state index >= 15 is 0 Å². The molecule has 1 heterocycles. The average molecular weight is 505 g/mol. The summed E-state index contributed by atoms with van der Waals surface area (Å²) < 4.78 is 0. The largest absolute Gasteiger partial charge is 0.357 e. The van der Waals surface area contributed by atoms with Gasteiger partial charge in [-0.2, -0.15) is 0 Å². The van der Waals surface area contributed by atoms with Crippen molar-refractivity contribution in [2.24, 2.45) is 4.99 Å². The van der Waals surface area contributed by atoms with E-state index in [-0.39, 0.29) is 29.9 Å². The van der Waals surface area contributed by atoms with Crippen molar-refractivity contribution in [1.82, 2.24) is 20.9 Å². The zero-order chi connectivity index (χ0) is 18.9. The number of nitrogens with one attached hydrogen (secondary N) is 3. The van der Waals surface area contributed by atoms with Crippen molar-refractivity contribution in [3.63, 3.8) is 0 Å². The molecule has 0 radical (unpaired) electrons. The molecule has 0 bridgehead atoms. The minimum Gasteiger partial charge on any atom is -0.357 e. The fourth-order valence-corrected chi connectivity index (χ4v) is 4.84. The number of guanidine groups is 1. The van der Waals surface area contributed by atoms with E-state index in [1.54, 1.807) is 0 Å². The third-order valence-electron chi connectivity index (χ3n) is 6.32. The molecule has 6 nitrogen and oxygen atoms in total. The highest BCUT2D eigenvalue weighted by molar-refractivity contribution is 14.0. The summed E-state index contributed by atoms with van der Waals surface area (Å²) in [6.07, 6.45) is 13.3. The lowest BCUT2D eigenvalue weighted by Gasteiger charge is -2.24. The van der Waals surface area contributed by atoms with Gasteiger partial charge >= 0.3 is 0 Å². The van der Waals surface area contributed by atoms with Gasteiger partial charge in [0.15, 0.2) is 5.96 Å². The monoisotopic (exact) mass is 505 g/mol. The number of carbonyl (C=O) groups excluding carboxylic acids is 1. The summed E-state index contributed by atoms with van der Waals surface area (Å²) in [5.74, 6) is 1.01. The van der Waals surface area contributed by atoms with E-state index < -0.39 is 0 Å². The molecule has 1 atom stereocenters. The van der Waals surface area contributed by atoms with Crippen LogP contribution in [0.3, 0.4) is 0 Å². The van der Waals surface area contributed by atoms with E-state index in [1.165, 1.54) is 57.9 Å². The summed E-state index contributed by atoms with van der Waals surface area (Å²) in [6, 6.07) is 1.67. The molecule has 1 saturated heterocycles. The zero-order valence-electron chi connectivity index (χ0n) is 17.5. The van der Waals surface area contributed by atoms with E-state index in [0.717, 1.165) is 37.9 Å². The van der Waals surface area contributed by atoms with Gasteiger partial charge in [0.05, 0.1) is 6.54 Å². The third-order valence-corrected chi connectivity index (χ3v) is 6.32. The van der Waals surface area contributed by atoms with Crippen molar-refractivity contribution in [3.05, 3.63) is 0 Å². The number of rotatable bonds is 7. The number of amides is 1. The first-order valence-electron chi connectivity index (χ1n) is 11.3. The maximum Gasteiger partial charge on any atom is 0.222 e. The van der Waals surface area contributed by atoms with Gasteiger partial charge < -0.3 is 16.0 Å². The average Bonchev–Trinajstić information content (AvgIpc) is 3.34. The van der Waals surface area contributed by atoms with Crippen LogP contribution in [0.25, 0.3) is 0 Å². The molecule has 0 aromatic heterocycles. The van der Waals surface area contributed by atoms with Gasteiger partial charge in [-0.25, -0.2) is 0 Å². The smallest absolute Gasteiger partial charge is 0.222 e. The number of nitrogens with zero attached hydrogens (tertiary/aromatic N) is 2. The van der Waals surface area contributed by atoms with Crippen LogP contribution in [0.4, 0.5) is 0 Å². The number of aliphatic imine (C=N–C) groups is 1. The first-order chi connectivity index (χ1) is 13.2. The molecule has 2 aliphatic carbocycles. The summed E-state index contributed by atoms with van der Waals surface area (Å²) in [5, 5.41) is 10.1. The number of halogens is 1. The highest BCUT2D eigenvalue weighted by Gasteiger charge is 2.30. The summed E-state index contributed by atoms with van der Waals surface area (Å²) in [6.45, 7) is 5.81. The minimum atomic E-state index is 0. The van der Waals surface area contributed by atoms with Gasteiger partial charge in [0.1, 0.15) is 0 Å². The summed E-state index contributed by atoms with van der Waals surface area (Å²) in [4.78, 5) is 19.5. The van der Waals surface area contributed by atoms with Crippen molar-refractivity contribution < 1.29 is 4.79 Å². The van der Waals surface area contributed by atoms with Gasteiger partial charge in [-0.15, -0.1) is 24.0 Å². The molecule has 3 fully saturated rings. The van der Waals surface area contributed by atoms with Crippen LogP contribution in [0, 0.1) is 0 Å². The van der Waals surface area contributed by atoms with E-state index in [2.05, 4.69) is 32.8 Å². The topological polar surface area (TPSA) is 68.8 Å². The van der Waals surface area contributed by atoms with Gasteiger partial charge in [-0.1, -0.05) is 32.1 Å². The zero-order valence-corrected chi connectivity index (χ0v) is 19.9. The van der Waals surface area contributed by atoms with Crippen molar-refractivity contribution in [3.8, 4) is 0 Å². The first-order valence-corrected chi connectivity index (χ1v) is 11.3. The molecule has 1 amide bonds. The molecule has 162 valence electrons. The predicted molar refractivity (Wildman–Crippen MR) is 126 cm³/mol. The van der Waals surface area contributed by atoms with Crippen LogP contribution in [0.15, 0.2) is 4.99 Å². The predicted octanol–water partition coefficient (Wildman–Crippen LogP) is 3.02. The van der Waals surface area contributed by atoms with Gasteiger partial charge in [-0.05, 0) is 39.0 Å². The Morgan fingerprint density at radius 2 is 1.68 bits per heavy atom. The summed E-state index contributed by atoms with van der Waals surface area (Å²) in [5.41, 5.74) is 0. The van der Waals surface area contributed by atoms with Gasteiger partial charge in [0.25, 0.3) is 0 Å². The van der Waals surface area contributed by atoms with Crippen LogP contribution < -0.4 is 16.0 Å². The van der Waals surface area contributed by atoms with Gasteiger partial charge in [0.2, 0.25) is 5.91 Å². The SMILES string of the molecule is CCNC(=NCCC(=O)NC1CCCCC1)NC1CCN(C2CCCC2)C1.I. The highest BCUT2D eigenvalue weighted by atomic mass is 127. The maximum absolute atomic E-state index is 12.2. The molecule has 1 aliphatic heterocycles. The Labute approximate surface area is 188 Å². The molecule has 1 unspecified atom stereocenters. The van der Waals surface area contributed by atoms with Crippen LogP contribution in [-0.4, -0.2) is 61.1 Å². The normalized spacial score (nSPS) is 24.8. The summed E-state index contributed by atoms with van der Waals surface area (Å²) in [7, 11) is 0. The Kier molecular flexibility index (Phi) is 10.9. The van der Waals surface area contributed by atoms with E-state index in [1.807, 2.05) is 0 Å². The van der Waals surface area contributed by atoms with Crippen LogP contribution in [0.2, 0.25) is 0 Å². The first kappa shape index (κ1) is 23.7. The van der Waals surface area contributed by atoms with Crippen molar-refractivity contribution in [2.75, 3.05) is 26.2 Å². The molecular weight excluding hydrogens is 465 g/mol. The lowest BCUT2D eigenvalue weighted by molar-refractivity contribution is -0.121. The summed E-state index contributed by atoms with van der Waals surface area (Å²) >= 11 is 0. The maximum atomic E-state index is 12.2. The number of likely N-dealkylation sites (tertiary alicyclic amines) is 1. The molecule has 2 saturated carbocycles. The second-order valence-corrected chi connectivity index (χ2v) is 8.48. The lowest BCUT2D eigenvalue weighted by atomic mass is 9.95. The quantitative estimate of drug-likeness (QED) is 0.283. The molecule has 0 aromatic rings. The molecule has 3 N–H and O–H groups in total.